The van der Waals surface area contributed by atoms with Gasteiger partial charge >= 0.3 is 6.03 Å². The number of ether oxygens (including phenoxy) is 1. The minimum Gasteiger partial charge on any atom is -0.497 e. The van der Waals surface area contributed by atoms with E-state index in [0.29, 0.717) is 6.54 Å². The first-order chi connectivity index (χ1) is 15.5. The number of carbonyl (C=O) groups excluding carboxylic acids is 1. The summed E-state index contributed by atoms with van der Waals surface area (Å²) in [6.45, 7) is 8.16. The molecule has 2 aromatic carbocycles. The average molecular weight is 439 g/mol. The van der Waals surface area contributed by atoms with Crippen LogP contribution in [0.3, 0.4) is 0 Å². The van der Waals surface area contributed by atoms with Crippen molar-refractivity contribution in [3.63, 3.8) is 0 Å². The Morgan fingerprint density at radius 3 is 2.44 bits per heavy atom. The van der Waals surface area contributed by atoms with E-state index in [0.717, 1.165) is 49.1 Å². The third kappa shape index (κ3) is 6.54. The maximum Gasteiger partial charge on any atom is 0.319 e. The number of carbonyl (C=O) groups is 1. The van der Waals surface area contributed by atoms with E-state index < -0.39 is 0 Å². The first-order valence-corrected chi connectivity index (χ1v) is 11.0. The SMILES string of the molecule is CN=C(NCc1ccc(NC(=O)NC(C)C)cc1)N1CCN(c2cccc(OC)c2)CC1. The highest BCUT2D eigenvalue weighted by atomic mass is 16.5. The summed E-state index contributed by atoms with van der Waals surface area (Å²) in [6.07, 6.45) is 0. The van der Waals surface area contributed by atoms with Gasteiger partial charge in [-0.1, -0.05) is 18.2 Å². The second-order valence-corrected chi connectivity index (χ2v) is 8.03. The van der Waals surface area contributed by atoms with E-state index in [1.807, 2.05) is 57.3 Å². The van der Waals surface area contributed by atoms with E-state index in [9.17, 15) is 4.79 Å². The number of benzene rings is 2. The number of methoxy groups -OCH3 is 1. The topological polar surface area (TPSA) is 81.2 Å². The molecular formula is C24H34N6O2. The van der Waals surface area contributed by atoms with Crippen molar-refractivity contribution in [3.8, 4) is 5.75 Å². The number of rotatable bonds is 6. The fourth-order valence-corrected chi connectivity index (χ4v) is 3.63. The maximum absolute atomic E-state index is 11.8. The molecule has 172 valence electrons. The van der Waals surface area contributed by atoms with Gasteiger partial charge in [0.2, 0.25) is 0 Å². The lowest BCUT2D eigenvalue weighted by Gasteiger charge is -2.37. The monoisotopic (exact) mass is 438 g/mol. The summed E-state index contributed by atoms with van der Waals surface area (Å²) in [5, 5.41) is 9.11. The Labute approximate surface area is 190 Å². The Kier molecular flexibility index (Phi) is 8.19. The van der Waals surface area contributed by atoms with Crippen LogP contribution in [0.2, 0.25) is 0 Å². The van der Waals surface area contributed by atoms with Crippen LogP contribution in [0.25, 0.3) is 0 Å². The molecular weight excluding hydrogens is 404 g/mol. The molecule has 8 heteroatoms. The van der Waals surface area contributed by atoms with Crippen molar-refractivity contribution in [1.29, 1.82) is 0 Å². The van der Waals surface area contributed by atoms with Crippen molar-refractivity contribution < 1.29 is 9.53 Å². The van der Waals surface area contributed by atoms with Crippen molar-refractivity contribution in [1.82, 2.24) is 15.5 Å². The van der Waals surface area contributed by atoms with Crippen LogP contribution in [-0.2, 0) is 6.54 Å². The second-order valence-electron chi connectivity index (χ2n) is 8.03. The summed E-state index contributed by atoms with van der Waals surface area (Å²) in [6, 6.07) is 15.9. The second kappa shape index (κ2) is 11.3. The Morgan fingerprint density at radius 2 is 1.81 bits per heavy atom. The molecule has 2 aromatic rings. The van der Waals surface area contributed by atoms with Crippen LogP contribution in [-0.4, -0.2) is 63.3 Å². The number of anilines is 2. The number of nitrogens with one attached hydrogen (secondary N) is 3. The Morgan fingerprint density at radius 1 is 1.09 bits per heavy atom. The maximum atomic E-state index is 11.8. The molecule has 0 saturated carbocycles. The molecule has 0 spiro atoms. The first kappa shape index (κ1) is 23.2. The zero-order valence-electron chi connectivity index (χ0n) is 19.4. The highest BCUT2D eigenvalue weighted by Gasteiger charge is 2.20. The smallest absolute Gasteiger partial charge is 0.319 e. The summed E-state index contributed by atoms with van der Waals surface area (Å²) in [7, 11) is 3.51. The van der Waals surface area contributed by atoms with Gasteiger partial charge in [0.1, 0.15) is 5.75 Å². The van der Waals surface area contributed by atoms with Gasteiger partial charge in [0.05, 0.1) is 7.11 Å². The number of aliphatic imine (C=N–C) groups is 1. The average Bonchev–Trinajstić information content (AvgIpc) is 2.80. The highest BCUT2D eigenvalue weighted by Crippen LogP contribution is 2.22. The molecule has 0 aromatic heterocycles. The predicted octanol–water partition coefficient (Wildman–Crippen LogP) is 3.12. The fourth-order valence-electron chi connectivity index (χ4n) is 3.63. The summed E-state index contributed by atoms with van der Waals surface area (Å²) < 4.78 is 5.35. The van der Waals surface area contributed by atoms with Crippen molar-refractivity contribution in [2.45, 2.75) is 26.4 Å². The molecule has 1 fully saturated rings. The quantitative estimate of drug-likeness (QED) is 0.477. The van der Waals surface area contributed by atoms with Crippen LogP contribution in [0.5, 0.6) is 5.75 Å². The van der Waals surface area contributed by atoms with Gasteiger partial charge in [0.25, 0.3) is 0 Å². The molecule has 2 amide bonds. The zero-order chi connectivity index (χ0) is 22.9. The van der Waals surface area contributed by atoms with Crippen molar-refractivity contribution in [2.75, 3.05) is 50.6 Å². The molecule has 0 atom stereocenters. The lowest BCUT2D eigenvalue weighted by Crippen LogP contribution is -2.52. The van der Waals surface area contributed by atoms with Gasteiger partial charge in [-0.15, -0.1) is 0 Å². The number of nitrogens with zero attached hydrogens (tertiary/aromatic N) is 3. The molecule has 0 bridgehead atoms. The molecule has 3 rings (SSSR count). The van der Waals surface area contributed by atoms with E-state index in [2.05, 4.69) is 42.9 Å². The number of urea groups is 1. The highest BCUT2D eigenvalue weighted by molar-refractivity contribution is 5.89. The van der Waals surface area contributed by atoms with E-state index >= 15 is 0 Å². The molecule has 0 unspecified atom stereocenters. The molecule has 1 saturated heterocycles. The zero-order valence-corrected chi connectivity index (χ0v) is 19.4. The first-order valence-electron chi connectivity index (χ1n) is 11.0. The Bertz CT molecular complexity index is 905. The fraction of sp³-hybridized carbons (Fsp3) is 0.417. The number of hydrogen-bond acceptors (Lipinski definition) is 4. The van der Waals surface area contributed by atoms with Gasteiger partial charge < -0.3 is 30.5 Å². The molecule has 1 aliphatic rings. The minimum absolute atomic E-state index is 0.0996. The molecule has 8 nitrogen and oxygen atoms in total. The third-order valence-corrected chi connectivity index (χ3v) is 5.29. The number of piperazine rings is 1. The molecule has 0 aliphatic carbocycles. The van der Waals surface area contributed by atoms with Gasteiger partial charge in [-0.2, -0.15) is 0 Å². The van der Waals surface area contributed by atoms with E-state index in [4.69, 9.17) is 4.74 Å². The summed E-state index contributed by atoms with van der Waals surface area (Å²) in [5.41, 5.74) is 3.07. The van der Waals surface area contributed by atoms with Crippen LogP contribution in [0.4, 0.5) is 16.2 Å². The molecule has 1 heterocycles. The Hall–Kier alpha value is -3.42. The lowest BCUT2D eigenvalue weighted by atomic mass is 10.2. The van der Waals surface area contributed by atoms with Crippen LogP contribution in [0, 0.1) is 0 Å². The number of guanidine groups is 1. The van der Waals surface area contributed by atoms with Gasteiger partial charge in [-0.3, -0.25) is 4.99 Å². The normalized spacial score (nSPS) is 14.3. The Balaban J connectivity index is 1.48. The van der Waals surface area contributed by atoms with E-state index in [-0.39, 0.29) is 12.1 Å². The van der Waals surface area contributed by atoms with Crippen molar-refractivity contribution in [2.24, 2.45) is 4.99 Å². The van der Waals surface area contributed by atoms with Crippen molar-refractivity contribution >= 4 is 23.4 Å². The lowest BCUT2D eigenvalue weighted by molar-refractivity contribution is 0.250. The van der Waals surface area contributed by atoms with Gasteiger partial charge in [0, 0.05) is 63.3 Å². The number of hydrogen-bond donors (Lipinski definition) is 3. The summed E-state index contributed by atoms with van der Waals surface area (Å²) >= 11 is 0. The van der Waals surface area contributed by atoms with Gasteiger partial charge in [0.15, 0.2) is 5.96 Å². The summed E-state index contributed by atoms with van der Waals surface area (Å²) in [5.74, 6) is 1.78. The van der Waals surface area contributed by atoms with E-state index in [1.54, 1.807) is 7.11 Å². The standard InChI is InChI=1S/C24H34N6O2/c1-18(2)27-24(31)28-20-10-8-19(9-11-20)17-26-23(25-3)30-14-12-29(13-15-30)21-6-5-7-22(16-21)32-4/h5-11,16,18H,12-15,17H2,1-4H3,(H,25,26)(H2,27,28,31). The van der Waals surface area contributed by atoms with Crippen LogP contribution >= 0.6 is 0 Å². The predicted molar refractivity (Wildman–Crippen MR) is 131 cm³/mol. The van der Waals surface area contributed by atoms with Gasteiger partial charge in [-0.25, -0.2) is 4.79 Å². The minimum atomic E-state index is -0.195. The molecule has 1 aliphatic heterocycles. The molecule has 0 radical (unpaired) electrons. The van der Waals surface area contributed by atoms with E-state index in [1.165, 1.54) is 5.69 Å². The number of amides is 2. The molecule has 32 heavy (non-hydrogen) atoms. The molecule has 3 N–H and O–H groups in total. The van der Waals surface area contributed by atoms with Crippen molar-refractivity contribution in [3.05, 3.63) is 54.1 Å². The summed E-state index contributed by atoms with van der Waals surface area (Å²) in [4.78, 5) is 20.9. The van der Waals surface area contributed by atoms with Crippen LogP contribution in [0.15, 0.2) is 53.5 Å². The van der Waals surface area contributed by atoms with Gasteiger partial charge in [-0.05, 0) is 43.7 Å². The third-order valence-electron chi connectivity index (χ3n) is 5.29. The van der Waals surface area contributed by atoms with Crippen LogP contribution in [0.1, 0.15) is 19.4 Å². The largest absolute Gasteiger partial charge is 0.497 e. The van der Waals surface area contributed by atoms with Crippen LogP contribution < -0.4 is 25.6 Å².